The standard InChI is InChI=1S/C18H27N5O3/c1-3-21(4-2)11-14-9-19-17-16(10-20-23(17)12-14)18(25)22-6-8-26-15(13-22)5-7-24/h9-10,12,15,24H,3-8,11,13H2,1-2H3/t15-/m0/s1. The molecule has 8 nitrogen and oxygen atoms in total. The number of aliphatic hydroxyl groups is 1. The zero-order valence-corrected chi connectivity index (χ0v) is 15.5. The highest BCUT2D eigenvalue weighted by molar-refractivity contribution is 5.99. The zero-order chi connectivity index (χ0) is 18.5. The molecule has 0 spiro atoms. The minimum atomic E-state index is -0.117. The summed E-state index contributed by atoms with van der Waals surface area (Å²) in [7, 11) is 0. The third-order valence-corrected chi connectivity index (χ3v) is 4.82. The van der Waals surface area contributed by atoms with Crippen molar-refractivity contribution in [2.75, 3.05) is 39.4 Å². The Balaban J connectivity index is 1.77. The summed E-state index contributed by atoms with van der Waals surface area (Å²) in [5.41, 5.74) is 2.14. The minimum Gasteiger partial charge on any atom is -0.396 e. The van der Waals surface area contributed by atoms with E-state index in [4.69, 9.17) is 9.84 Å². The Hall–Kier alpha value is -2.03. The molecule has 1 atom stereocenters. The number of aliphatic hydroxyl groups excluding tert-OH is 1. The number of hydrogen-bond donors (Lipinski definition) is 1. The monoisotopic (exact) mass is 361 g/mol. The summed E-state index contributed by atoms with van der Waals surface area (Å²) < 4.78 is 7.26. The van der Waals surface area contributed by atoms with E-state index >= 15 is 0 Å². The molecule has 1 amide bonds. The van der Waals surface area contributed by atoms with Gasteiger partial charge >= 0.3 is 0 Å². The average Bonchev–Trinajstić information content (AvgIpc) is 3.09. The molecule has 0 aromatic carbocycles. The molecule has 1 fully saturated rings. The molecule has 3 heterocycles. The molecular weight excluding hydrogens is 334 g/mol. The fourth-order valence-electron chi connectivity index (χ4n) is 3.24. The van der Waals surface area contributed by atoms with Crippen LogP contribution in [0.4, 0.5) is 0 Å². The number of fused-ring (bicyclic) bond motifs is 1. The first-order valence-electron chi connectivity index (χ1n) is 9.22. The van der Waals surface area contributed by atoms with Crippen molar-refractivity contribution in [1.82, 2.24) is 24.4 Å². The molecule has 26 heavy (non-hydrogen) atoms. The van der Waals surface area contributed by atoms with Crippen LogP contribution >= 0.6 is 0 Å². The van der Waals surface area contributed by atoms with Gasteiger partial charge in [-0.05, 0) is 19.5 Å². The largest absolute Gasteiger partial charge is 0.396 e. The van der Waals surface area contributed by atoms with Gasteiger partial charge in [-0.2, -0.15) is 5.10 Å². The quantitative estimate of drug-likeness (QED) is 0.785. The number of aromatic nitrogens is 3. The Kier molecular flexibility index (Phi) is 6.18. The van der Waals surface area contributed by atoms with Crippen molar-refractivity contribution in [3.05, 3.63) is 29.7 Å². The molecule has 1 saturated heterocycles. The molecule has 0 bridgehead atoms. The molecule has 2 aromatic rings. The minimum absolute atomic E-state index is 0.0558. The lowest BCUT2D eigenvalue weighted by Crippen LogP contribution is -2.45. The molecule has 2 aromatic heterocycles. The van der Waals surface area contributed by atoms with Crippen LogP contribution in [-0.4, -0.2) is 80.9 Å². The van der Waals surface area contributed by atoms with Crippen LogP contribution in [-0.2, 0) is 11.3 Å². The summed E-state index contributed by atoms with van der Waals surface area (Å²) in [6.07, 6.45) is 5.76. The van der Waals surface area contributed by atoms with Crippen molar-refractivity contribution in [1.29, 1.82) is 0 Å². The second-order valence-electron chi connectivity index (χ2n) is 6.51. The number of morpholine rings is 1. The Labute approximate surface area is 153 Å². The lowest BCUT2D eigenvalue weighted by Gasteiger charge is -2.32. The van der Waals surface area contributed by atoms with Gasteiger partial charge < -0.3 is 14.7 Å². The van der Waals surface area contributed by atoms with Crippen LogP contribution in [0.15, 0.2) is 18.6 Å². The van der Waals surface area contributed by atoms with Crippen LogP contribution in [0.2, 0.25) is 0 Å². The summed E-state index contributed by atoms with van der Waals surface area (Å²) >= 11 is 0. The summed E-state index contributed by atoms with van der Waals surface area (Å²) in [4.78, 5) is 21.4. The average molecular weight is 361 g/mol. The van der Waals surface area contributed by atoms with E-state index in [9.17, 15) is 4.79 Å². The maximum Gasteiger partial charge on any atom is 0.259 e. The van der Waals surface area contributed by atoms with E-state index in [0.29, 0.717) is 37.3 Å². The Morgan fingerprint density at radius 1 is 1.38 bits per heavy atom. The second-order valence-corrected chi connectivity index (χ2v) is 6.51. The SMILES string of the molecule is CCN(CC)Cc1cnc2c(C(=O)N3CCO[C@@H](CCO)C3)cnn2c1. The number of carbonyl (C=O) groups excluding carboxylic acids is 1. The van der Waals surface area contributed by atoms with Gasteiger partial charge in [-0.15, -0.1) is 0 Å². The van der Waals surface area contributed by atoms with Crippen molar-refractivity contribution >= 4 is 11.6 Å². The number of ether oxygens (including phenoxy) is 1. The third-order valence-electron chi connectivity index (χ3n) is 4.82. The van der Waals surface area contributed by atoms with E-state index in [2.05, 4.69) is 28.8 Å². The van der Waals surface area contributed by atoms with E-state index in [-0.39, 0.29) is 18.6 Å². The number of amides is 1. The highest BCUT2D eigenvalue weighted by atomic mass is 16.5. The molecule has 1 aliphatic rings. The van der Waals surface area contributed by atoms with Gasteiger partial charge in [-0.25, -0.2) is 9.50 Å². The molecule has 1 N–H and O–H groups in total. The normalized spacial score (nSPS) is 18.0. The van der Waals surface area contributed by atoms with E-state index in [1.54, 1.807) is 15.6 Å². The fourth-order valence-corrected chi connectivity index (χ4v) is 3.24. The third kappa shape index (κ3) is 4.03. The van der Waals surface area contributed by atoms with Crippen LogP contribution in [0.5, 0.6) is 0 Å². The number of hydrogen-bond acceptors (Lipinski definition) is 6. The van der Waals surface area contributed by atoms with Gasteiger partial charge in [0.1, 0.15) is 5.56 Å². The van der Waals surface area contributed by atoms with Gasteiger partial charge in [0.05, 0.1) is 18.9 Å². The van der Waals surface area contributed by atoms with Crippen molar-refractivity contribution in [2.45, 2.75) is 32.9 Å². The van der Waals surface area contributed by atoms with E-state index in [1.165, 1.54) is 0 Å². The van der Waals surface area contributed by atoms with Crippen molar-refractivity contribution in [3.8, 4) is 0 Å². The Morgan fingerprint density at radius 3 is 2.92 bits per heavy atom. The second kappa shape index (κ2) is 8.57. The van der Waals surface area contributed by atoms with Gasteiger partial charge in [-0.1, -0.05) is 13.8 Å². The molecule has 0 aliphatic carbocycles. The van der Waals surface area contributed by atoms with Gasteiger partial charge in [0, 0.05) is 44.2 Å². The molecule has 1 aliphatic heterocycles. The summed E-state index contributed by atoms with van der Waals surface area (Å²) in [5.74, 6) is -0.0877. The maximum absolute atomic E-state index is 12.9. The topological polar surface area (TPSA) is 83.2 Å². The first-order chi connectivity index (χ1) is 12.7. The molecular formula is C18H27N5O3. The van der Waals surface area contributed by atoms with Crippen LogP contribution < -0.4 is 0 Å². The molecule has 8 heteroatoms. The maximum atomic E-state index is 12.9. The van der Waals surface area contributed by atoms with Gasteiger partial charge in [-0.3, -0.25) is 9.69 Å². The van der Waals surface area contributed by atoms with Crippen LogP contribution in [0.25, 0.3) is 5.65 Å². The predicted octanol–water partition coefficient (Wildman–Crippen LogP) is 0.795. The highest BCUT2D eigenvalue weighted by Crippen LogP contribution is 2.16. The van der Waals surface area contributed by atoms with Crippen molar-refractivity contribution < 1.29 is 14.6 Å². The lowest BCUT2D eigenvalue weighted by molar-refractivity contribution is -0.0306. The Bertz CT molecular complexity index is 742. The number of rotatable bonds is 7. The number of carbonyl (C=O) groups is 1. The van der Waals surface area contributed by atoms with Crippen molar-refractivity contribution in [3.63, 3.8) is 0 Å². The van der Waals surface area contributed by atoms with E-state index < -0.39 is 0 Å². The van der Waals surface area contributed by atoms with Gasteiger partial charge in [0.25, 0.3) is 5.91 Å². The van der Waals surface area contributed by atoms with Crippen LogP contribution in [0.1, 0.15) is 36.2 Å². The van der Waals surface area contributed by atoms with Crippen molar-refractivity contribution in [2.24, 2.45) is 0 Å². The first kappa shape index (κ1) is 18.8. The smallest absolute Gasteiger partial charge is 0.259 e. The molecule has 142 valence electrons. The molecule has 0 radical (unpaired) electrons. The predicted molar refractivity (Wildman–Crippen MR) is 97.0 cm³/mol. The number of nitrogens with zero attached hydrogens (tertiary/aromatic N) is 5. The summed E-state index contributed by atoms with van der Waals surface area (Å²) in [6.45, 7) is 8.59. The van der Waals surface area contributed by atoms with Crippen LogP contribution in [0.3, 0.4) is 0 Å². The lowest BCUT2D eigenvalue weighted by atomic mass is 10.2. The molecule has 0 unspecified atom stereocenters. The molecule has 0 saturated carbocycles. The van der Waals surface area contributed by atoms with Gasteiger partial charge in [0.2, 0.25) is 0 Å². The summed E-state index contributed by atoms with van der Waals surface area (Å²) in [5, 5.41) is 13.4. The first-order valence-corrected chi connectivity index (χ1v) is 9.22. The fraction of sp³-hybridized carbons (Fsp3) is 0.611. The van der Waals surface area contributed by atoms with E-state index in [0.717, 1.165) is 25.2 Å². The molecule has 3 rings (SSSR count). The zero-order valence-electron chi connectivity index (χ0n) is 15.5. The highest BCUT2D eigenvalue weighted by Gasteiger charge is 2.27. The summed E-state index contributed by atoms with van der Waals surface area (Å²) in [6, 6.07) is 0. The Morgan fingerprint density at radius 2 is 2.19 bits per heavy atom. The van der Waals surface area contributed by atoms with Gasteiger partial charge in [0.15, 0.2) is 5.65 Å². The van der Waals surface area contributed by atoms with E-state index in [1.807, 2.05) is 12.4 Å². The van der Waals surface area contributed by atoms with Crippen LogP contribution in [0, 0.1) is 0 Å².